The molecule has 0 aliphatic rings. The van der Waals surface area contributed by atoms with Gasteiger partial charge >= 0.3 is 11.3 Å². The molecular formula is C18H17O6+. The fourth-order valence-corrected chi connectivity index (χ4v) is 2.46. The summed E-state index contributed by atoms with van der Waals surface area (Å²) in [5, 5.41) is 19.9. The average Bonchev–Trinajstić information content (AvgIpc) is 2.61. The number of hydrogen-bond acceptors (Lipinski definition) is 5. The van der Waals surface area contributed by atoms with Gasteiger partial charge in [-0.15, -0.1) is 0 Å². The van der Waals surface area contributed by atoms with Crippen molar-refractivity contribution in [2.24, 2.45) is 0 Å². The van der Waals surface area contributed by atoms with Crippen LogP contribution in [0.15, 0.2) is 40.8 Å². The summed E-state index contributed by atoms with van der Waals surface area (Å²) in [6.45, 7) is 0. The van der Waals surface area contributed by atoms with Crippen molar-refractivity contribution >= 4 is 11.0 Å². The summed E-state index contributed by atoms with van der Waals surface area (Å²) in [6, 6.07) is 9.69. The molecule has 2 N–H and O–H groups in total. The quantitative estimate of drug-likeness (QED) is 0.559. The number of phenolic OH excluding ortho intramolecular Hbond substituents is 2. The zero-order chi connectivity index (χ0) is 17.3. The maximum absolute atomic E-state index is 9.73. The van der Waals surface area contributed by atoms with Gasteiger partial charge in [0.15, 0.2) is 11.5 Å². The van der Waals surface area contributed by atoms with E-state index in [-0.39, 0.29) is 11.5 Å². The number of rotatable bonds is 4. The predicted octanol–water partition coefficient (Wildman–Crippen LogP) is 3.82. The van der Waals surface area contributed by atoms with Crippen molar-refractivity contribution in [3.63, 3.8) is 0 Å². The molecule has 2 aromatic carbocycles. The Morgan fingerprint density at radius 2 is 1.54 bits per heavy atom. The maximum atomic E-state index is 9.73. The standard InChI is InChI=1S/C18H16O6/c1-21-11-7-15(22-2)12-9-17(23-3)18(24-16(12)8-11)10-4-5-13(19)14(20)6-10/h4-9H,1-3H3,(H-,19,20)/p+1. The summed E-state index contributed by atoms with van der Waals surface area (Å²) < 4.78 is 22.0. The van der Waals surface area contributed by atoms with Crippen molar-refractivity contribution in [1.29, 1.82) is 0 Å². The van der Waals surface area contributed by atoms with Crippen LogP contribution in [0.25, 0.3) is 22.3 Å². The van der Waals surface area contributed by atoms with Crippen LogP contribution in [-0.2, 0) is 0 Å². The number of aromatic hydroxyl groups is 2. The van der Waals surface area contributed by atoms with Crippen molar-refractivity contribution < 1.29 is 28.8 Å². The van der Waals surface area contributed by atoms with E-state index in [2.05, 4.69) is 0 Å². The van der Waals surface area contributed by atoms with E-state index in [0.29, 0.717) is 34.2 Å². The predicted molar refractivity (Wildman–Crippen MR) is 89.0 cm³/mol. The molecule has 0 unspecified atom stereocenters. The Balaban J connectivity index is 2.29. The molecule has 0 amide bonds. The second-order valence-electron chi connectivity index (χ2n) is 5.09. The van der Waals surface area contributed by atoms with Gasteiger partial charge in [0, 0.05) is 18.2 Å². The Bertz CT molecular complexity index is 904. The number of benzene rings is 2. The van der Waals surface area contributed by atoms with Crippen LogP contribution < -0.4 is 14.2 Å². The lowest BCUT2D eigenvalue weighted by molar-refractivity contribution is 0.390. The third-order valence-electron chi connectivity index (χ3n) is 3.70. The summed E-state index contributed by atoms with van der Waals surface area (Å²) in [7, 11) is 4.64. The van der Waals surface area contributed by atoms with Crippen LogP contribution in [0.1, 0.15) is 0 Å². The zero-order valence-corrected chi connectivity index (χ0v) is 13.5. The summed E-state index contributed by atoms with van der Waals surface area (Å²) >= 11 is 0. The van der Waals surface area contributed by atoms with E-state index in [4.69, 9.17) is 18.6 Å². The largest absolute Gasteiger partial charge is 0.504 e. The molecule has 124 valence electrons. The van der Waals surface area contributed by atoms with E-state index >= 15 is 0 Å². The van der Waals surface area contributed by atoms with Crippen LogP contribution in [0.2, 0.25) is 0 Å². The molecule has 6 nitrogen and oxygen atoms in total. The maximum Gasteiger partial charge on any atom is 0.402 e. The summed E-state index contributed by atoms with van der Waals surface area (Å²) in [5.41, 5.74) is 1.10. The van der Waals surface area contributed by atoms with Crippen LogP contribution in [0, 0.1) is 0 Å². The molecule has 0 bridgehead atoms. The molecule has 3 aromatic rings. The van der Waals surface area contributed by atoms with Crippen LogP contribution in [0.4, 0.5) is 0 Å². The minimum atomic E-state index is -0.243. The first-order chi connectivity index (χ1) is 11.6. The molecule has 1 aromatic heterocycles. The molecule has 3 rings (SSSR count). The molecular weight excluding hydrogens is 312 g/mol. The first-order valence-corrected chi connectivity index (χ1v) is 7.16. The second kappa shape index (κ2) is 6.16. The zero-order valence-electron chi connectivity index (χ0n) is 13.5. The number of fused-ring (bicyclic) bond motifs is 1. The third kappa shape index (κ3) is 2.62. The number of phenols is 2. The van der Waals surface area contributed by atoms with Crippen molar-refractivity contribution in [3.05, 3.63) is 36.4 Å². The topological polar surface area (TPSA) is 79.5 Å². The van der Waals surface area contributed by atoms with Gasteiger partial charge < -0.3 is 24.4 Å². The number of hydrogen-bond donors (Lipinski definition) is 2. The first kappa shape index (κ1) is 15.7. The van der Waals surface area contributed by atoms with E-state index in [9.17, 15) is 10.2 Å². The number of ether oxygens (including phenoxy) is 3. The highest BCUT2D eigenvalue weighted by Crippen LogP contribution is 2.41. The Labute approximate surface area is 138 Å². The smallest absolute Gasteiger partial charge is 0.402 e. The van der Waals surface area contributed by atoms with Gasteiger partial charge in [-0.3, -0.25) is 0 Å². The van der Waals surface area contributed by atoms with Crippen LogP contribution in [-0.4, -0.2) is 31.5 Å². The summed E-state index contributed by atoms with van der Waals surface area (Å²) in [5.74, 6) is 1.61. The van der Waals surface area contributed by atoms with Crippen LogP contribution in [0.5, 0.6) is 28.7 Å². The molecule has 0 saturated heterocycles. The van der Waals surface area contributed by atoms with Gasteiger partial charge in [0.25, 0.3) is 0 Å². The molecule has 0 fully saturated rings. The molecule has 0 aliphatic carbocycles. The summed E-state index contributed by atoms with van der Waals surface area (Å²) in [6.07, 6.45) is 0. The molecule has 6 heteroatoms. The van der Waals surface area contributed by atoms with Crippen molar-refractivity contribution in [1.82, 2.24) is 0 Å². The van der Waals surface area contributed by atoms with Crippen LogP contribution in [0.3, 0.4) is 0 Å². The fourth-order valence-electron chi connectivity index (χ4n) is 2.46. The van der Waals surface area contributed by atoms with Crippen molar-refractivity contribution in [2.75, 3.05) is 21.3 Å². The highest BCUT2D eigenvalue weighted by Gasteiger charge is 2.26. The monoisotopic (exact) mass is 329 g/mol. The highest BCUT2D eigenvalue weighted by molar-refractivity contribution is 5.89. The third-order valence-corrected chi connectivity index (χ3v) is 3.70. The van der Waals surface area contributed by atoms with Gasteiger partial charge in [-0.1, -0.05) is 0 Å². The lowest BCUT2D eigenvalue weighted by Crippen LogP contribution is -1.92. The van der Waals surface area contributed by atoms with Gasteiger partial charge in [-0.25, -0.2) is 4.42 Å². The Hall–Kier alpha value is -3.15. The molecule has 0 spiro atoms. The Morgan fingerprint density at radius 1 is 0.792 bits per heavy atom. The van der Waals surface area contributed by atoms with Crippen molar-refractivity contribution in [2.45, 2.75) is 0 Å². The van der Waals surface area contributed by atoms with Gasteiger partial charge in [-0.2, -0.15) is 0 Å². The average molecular weight is 329 g/mol. The van der Waals surface area contributed by atoms with Gasteiger partial charge in [0.1, 0.15) is 16.9 Å². The van der Waals surface area contributed by atoms with E-state index in [1.165, 1.54) is 19.2 Å². The van der Waals surface area contributed by atoms with Gasteiger partial charge in [0.2, 0.25) is 5.75 Å². The normalized spacial score (nSPS) is 10.6. The molecule has 0 saturated carbocycles. The lowest BCUT2D eigenvalue weighted by atomic mass is 10.1. The van der Waals surface area contributed by atoms with Crippen LogP contribution >= 0.6 is 0 Å². The van der Waals surface area contributed by atoms with Gasteiger partial charge in [-0.05, 0) is 12.1 Å². The molecule has 0 aliphatic heterocycles. The van der Waals surface area contributed by atoms with Crippen molar-refractivity contribution in [3.8, 4) is 40.1 Å². The van der Waals surface area contributed by atoms with E-state index in [1.54, 1.807) is 38.5 Å². The highest BCUT2D eigenvalue weighted by atomic mass is 16.5. The molecule has 0 atom stereocenters. The first-order valence-electron chi connectivity index (χ1n) is 7.16. The molecule has 1 heterocycles. The Kier molecular flexibility index (Phi) is 4.04. The van der Waals surface area contributed by atoms with Gasteiger partial charge in [0.05, 0.1) is 33.0 Å². The van der Waals surface area contributed by atoms with E-state index in [0.717, 1.165) is 5.39 Å². The van der Waals surface area contributed by atoms with E-state index in [1.807, 2.05) is 0 Å². The SMILES string of the molecule is COc1cc(OC)c2cc(OC)c(-c3ccc(O)c(O)c3)[o+]c2c1. The van der Waals surface area contributed by atoms with E-state index < -0.39 is 0 Å². The fraction of sp³-hybridized carbons (Fsp3) is 0.167. The molecule has 24 heavy (non-hydrogen) atoms. The second-order valence-corrected chi connectivity index (χ2v) is 5.09. The molecule has 0 radical (unpaired) electrons. The Morgan fingerprint density at radius 3 is 2.17 bits per heavy atom. The minimum absolute atomic E-state index is 0.207. The summed E-state index contributed by atoms with van der Waals surface area (Å²) in [4.78, 5) is 0. The minimum Gasteiger partial charge on any atom is -0.504 e. The lowest BCUT2D eigenvalue weighted by Gasteiger charge is -2.07. The number of methoxy groups -OCH3 is 3.